The van der Waals surface area contributed by atoms with Gasteiger partial charge in [-0.2, -0.15) is 0 Å². The molecule has 0 saturated heterocycles. The Kier molecular flexibility index (Phi) is 4.56. The summed E-state index contributed by atoms with van der Waals surface area (Å²) in [7, 11) is -1.73. The molecule has 25 heavy (non-hydrogen) atoms. The third kappa shape index (κ3) is 3.54. The van der Waals surface area contributed by atoms with E-state index < -0.39 is 9.84 Å². The molecule has 0 atom stereocenters. The average molecular weight is 359 g/mol. The number of rotatable bonds is 3. The zero-order valence-corrected chi connectivity index (χ0v) is 15.4. The number of amides is 1. The van der Waals surface area contributed by atoms with Crippen LogP contribution in [0.1, 0.15) is 27.0 Å². The number of hydrogen-bond acceptors (Lipinski definition) is 4. The largest absolute Gasteiger partial charge is 0.497 e. The summed E-state index contributed by atoms with van der Waals surface area (Å²) in [5.41, 5.74) is 3.49. The second kappa shape index (κ2) is 6.52. The molecule has 0 unspecified atom stereocenters. The number of ether oxygens (including phenoxy) is 1. The highest BCUT2D eigenvalue weighted by Crippen LogP contribution is 2.26. The Morgan fingerprint density at radius 3 is 2.56 bits per heavy atom. The SMILES string of the molecule is COc1ccc2c(c1)CN(C(=O)c1cc(S(C)(=O)=O)ccc1C)CC2. The summed E-state index contributed by atoms with van der Waals surface area (Å²) in [5, 5.41) is 0. The maximum Gasteiger partial charge on any atom is 0.254 e. The molecule has 0 radical (unpaired) electrons. The second-order valence-electron chi connectivity index (χ2n) is 6.36. The van der Waals surface area contributed by atoms with Crippen LogP contribution >= 0.6 is 0 Å². The molecule has 0 bridgehead atoms. The molecule has 5 nitrogen and oxygen atoms in total. The minimum absolute atomic E-state index is 0.142. The van der Waals surface area contributed by atoms with Gasteiger partial charge in [0, 0.05) is 24.9 Å². The van der Waals surface area contributed by atoms with E-state index in [2.05, 4.69) is 0 Å². The van der Waals surface area contributed by atoms with Gasteiger partial charge in [0.1, 0.15) is 5.75 Å². The molecule has 0 fully saturated rings. The van der Waals surface area contributed by atoms with E-state index in [4.69, 9.17) is 4.74 Å². The van der Waals surface area contributed by atoms with Crippen LogP contribution in [0, 0.1) is 6.92 Å². The van der Waals surface area contributed by atoms with E-state index >= 15 is 0 Å². The molecular weight excluding hydrogens is 338 g/mol. The molecule has 6 heteroatoms. The first-order chi connectivity index (χ1) is 11.8. The lowest BCUT2D eigenvalue weighted by atomic mass is 9.98. The zero-order chi connectivity index (χ0) is 18.2. The molecule has 0 aromatic heterocycles. The topological polar surface area (TPSA) is 63.7 Å². The van der Waals surface area contributed by atoms with Gasteiger partial charge in [-0.1, -0.05) is 12.1 Å². The summed E-state index contributed by atoms with van der Waals surface area (Å²) in [5.74, 6) is 0.625. The standard InChI is InChI=1S/C19H21NO4S/c1-13-4-7-17(25(3,22)23)11-18(13)19(21)20-9-8-14-5-6-16(24-2)10-15(14)12-20/h4-7,10-11H,8-9,12H2,1-3H3. The molecule has 1 aliphatic rings. The van der Waals surface area contributed by atoms with Crippen LogP contribution in [-0.2, 0) is 22.8 Å². The van der Waals surface area contributed by atoms with Crippen LogP contribution in [0.2, 0.25) is 0 Å². The van der Waals surface area contributed by atoms with Gasteiger partial charge in [-0.05, 0) is 54.3 Å². The monoisotopic (exact) mass is 359 g/mol. The van der Waals surface area contributed by atoms with Gasteiger partial charge in [-0.15, -0.1) is 0 Å². The number of carbonyl (C=O) groups excluding carboxylic acids is 1. The molecule has 1 aliphatic heterocycles. The van der Waals surface area contributed by atoms with Crippen molar-refractivity contribution in [2.75, 3.05) is 19.9 Å². The van der Waals surface area contributed by atoms with Gasteiger partial charge in [0.25, 0.3) is 5.91 Å². The smallest absolute Gasteiger partial charge is 0.254 e. The van der Waals surface area contributed by atoms with Gasteiger partial charge in [0.2, 0.25) is 0 Å². The second-order valence-corrected chi connectivity index (χ2v) is 8.38. The molecule has 1 amide bonds. The van der Waals surface area contributed by atoms with E-state index in [1.54, 1.807) is 18.1 Å². The third-order valence-corrected chi connectivity index (χ3v) is 5.69. The molecule has 2 aromatic rings. The van der Waals surface area contributed by atoms with Gasteiger partial charge in [-0.25, -0.2) is 8.42 Å². The number of aryl methyl sites for hydroxylation is 1. The van der Waals surface area contributed by atoms with Crippen LogP contribution in [-0.4, -0.2) is 39.1 Å². The summed E-state index contributed by atoms with van der Waals surface area (Å²) in [6, 6.07) is 10.6. The van der Waals surface area contributed by atoms with Crippen molar-refractivity contribution in [1.82, 2.24) is 4.90 Å². The van der Waals surface area contributed by atoms with E-state index in [1.807, 2.05) is 25.1 Å². The number of sulfone groups is 1. The van der Waals surface area contributed by atoms with E-state index in [-0.39, 0.29) is 10.8 Å². The first kappa shape index (κ1) is 17.5. The van der Waals surface area contributed by atoms with E-state index in [9.17, 15) is 13.2 Å². The van der Waals surface area contributed by atoms with Crippen molar-refractivity contribution in [3.63, 3.8) is 0 Å². The van der Waals surface area contributed by atoms with E-state index in [0.717, 1.165) is 29.6 Å². The van der Waals surface area contributed by atoms with Crippen molar-refractivity contribution in [1.29, 1.82) is 0 Å². The van der Waals surface area contributed by atoms with Crippen molar-refractivity contribution in [3.05, 3.63) is 58.7 Å². The van der Waals surface area contributed by atoms with Crippen LogP contribution in [0.3, 0.4) is 0 Å². The summed E-state index contributed by atoms with van der Waals surface area (Å²) in [6.07, 6.45) is 1.92. The number of hydrogen-bond donors (Lipinski definition) is 0. The first-order valence-electron chi connectivity index (χ1n) is 8.05. The molecule has 3 rings (SSSR count). The lowest BCUT2D eigenvalue weighted by molar-refractivity contribution is 0.0733. The predicted octanol–water partition coefficient (Wildman–Crippen LogP) is 2.61. The lowest BCUT2D eigenvalue weighted by Gasteiger charge is -2.29. The van der Waals surface area contributed by atoms with Gasteiger partial charge >= 0.3 is 0 Å². The van der Waals surface area contributed by atoms with Crippen molar-refractivity contribution >= 4 is 15.7 Å². The highest BCUT2D eigenvalue weighted by molar-refractivity contribution is 7.90. The van der Waals surface area contributed by atoms with Gasteiger partial charge in [0.15, 0.2) is 9.84 Å². The van der Waals surface area contributed by atoms with E-state index in [0.29, 0.717) is 18.7 Å². The summed E-state index contributed by atoms with van der Waals surface area (Å²) >= 11 is 0. The molecule has 0 saturated carbocycles. The van der Waals surface area contributed by atoms with Crippen LogP contribution < -0.4 is 4.74 Å². The first-order valence-corrected chi connectivity index (χ1v) is 9.94. The van der Waals surface area contributed by atoms with Crippen molar-refractivity contribution in [2.24, 2.45) is 0 Å². The highest BCUT2D eigenvalue weighted by atomic mass is 32.2. The Bertz CT molecular complexity index is 934. The van der Waals surface area contributed by atoms with Crippen molar-refractivity contribution in [3.8, 4) is 5.75 Å². The van der Waals surface area contributed by atoms with Crippen LogP contribution in [0.15, 0.2) is 41.3 Å². The highest BCUT2D eigenvalue weighted by Gasteiger charge is 2.24. The van der Waals surface area contributed by atoms with E-state index in [1.165, 1.54) is 17.7 Å². The minimum Gasteiger partial charge on any atom is -0.497 e. The normalized spacial score (nSPS) is 14.1. The van der Waals surface area contributed by atoms with Crippen LogP contribution in [0.4, 0.5) is 0 Å². The molecule has 0 aliphatic carbocycles. The third-order valence-electron chi connectivity index (χ3n) is 4.58. The number of benzene rings is 2. The fraction of sp³-hybridized carbons (Fsp3) is 0.316. The zero-order valence-electron chi connectivity index (χ0n) is 14.6. The maximum absolute atomic E-state index is 13.0. The Morgan fingerprint density at radius 2 is 1.88 bits per heavy atom. The van der Waals surface area contributed by atoms with Crippen molar-refractivity contribution < 1.29 is 17.9 Å². The number of nitrogens with zero attached hydrogens (tertiary/aromatic N) is 1. The van der Waals surface area contributed by atoms with Gasteiger partial charge in [0.05, 0.1) is 12.0 Å². The summed E-state index contributed by atoms with van der Waals surface area (Å²) < 4.78 is 28.8. The molecule has 2 aromatic carbocycles. The molecule has 0 N–H and O–H groups in total. The lowest BCUT2D eigenvalue weighted by Crippen LogP contribution is -2.36. The Balaban J connectivity index is 1.92. The average Bonchev–Trinajstić information content (AvgIpc) is 2.59. The van der Waals surface area contributed by atoms with Gasteiger partial charge < -0.3 is 9.64 Å². The Morgan fingerprint density at radius 1 is 1.12 bits per heavy atom. The van der Waals surface area contributed by atoms with Crippen molar-refractivity contribution in [2.45, 2.75) is 24.8 Å². The summed E-state index contributed by atoms with van der Waals surface area (Å²) in [4.78, 5) is 14.9. The van der Waals surface area contributed by atoms with Gasteiger partial charge in [-0.3, -0.25) is 4.79 Å². The quantitative estimate of drug-likeness (QED) is 0.845. The molecule has 0 spiro atoms. The maximum atomic E-state index is 13.0. The number of methoxy groups -OCH3 is 1. The molecule has 1 heterocycles. The fourth-order valence-corrected chi connectivity index (χ4v) is 3.71. The van der Waals surface area contributed by atoms with Crippen LogP contribution in [0.25, 0.3) is 0 Å². The summed E-state index contributed by atoms with van der Waals surface area (Å²) in [6.45, 7) is 2.93. The predicted molar refractivity (Wildman–Crippen MR) is 95.7 cm³/mol. The van der Waals surface area contributed by atoms with Crippen LogP contribution in [0.5, 0.6) is 5.75 Å². The number of fused-ring (bicyclic) bond motifs is 1. The minimum atomic E-state index is -3.35. The number of carbonyl (C=O) groups is 1. The molecular formula is C19H21NO4S. The fourth-order valence-electron chi connectivity index (χ4n) is 3.07. The molecule has 132 valence electrons. The Hall–Kier alpha value is -2.34. The Labute approximate surface area is 148 Å².